The highest BCUT2D eigenvalue weighted by Crippen LogP contribution is 2.31. The minimum absolute atomic E-state index is 0.764. The first-order valence-electron chi connectivity index (χ1n) is 8.87. The van der Waals surface area contributed by atoms with E-state index in [0.29, 0.717) is 0 Å². The Kier molecular flexibility index (Phi) is 5.21. The molecule has 1 N–H and O–H groups in total. The highest BCUT2D eigenvalue weighted by atomic mass is 15.3. The van der Waals surface area contributed by atoms with Crippen LogP contribution < -0.4 is 5.32 Å². The lowest BCUT2D eigenvalue weighted by atomic mass is 10.1. The van der Waals surface area contributed by atoms with E-state index >= 15 is 0 Å². The van der Waals surface area contributed by atoms with E-state index in [1.54, 1.807) is 0 Å². The molecule has 0 aromatic heterocycles. The highest BCUT2D eigenvalue weighted by Gasteiger charge is 2.34. The number of nitrogens with zero attached hydrogens (tertiary/aromatic N) is 3. The number of guanidine groups is 1. The van der Waals surface area contributed by atoms with Gasteiger partial charge in [-0.2, -0.15) is 0 Å². The van der Waals surface area contributed by atoms with Gasteiger partial charge in [0.15, 0.2) is 5.96 Å². The maximum atomic E-state index is 4.45. The first kappa shape index (κ1) is 16.3. The van der Waals surface area contributed by atoms with Crippen molar-refractivity contribution in [3.05, 3.63) is 35.4 Å². The van der Waals surface area contributed by atoms with Crippen LogP contribution in [0.5, 0.6) is 0 Å². The molecule has 1 aliphatic carbocycles. The van der Waals surface area contributed by atoms with Gasteiger partial charge in [0.2, 0.25) is 0 Å². The summed E-state index contributed by atoms with van der Waals surface area (Å²) in [4.78, 5) is 9.33. The molecule has 0 spiro atoms. The van der Waals surface area contributed by atoms with Crippen LogP contribution in [-0.2, 0) is 6.54 Å². The summed E-state index contributed by atoms with van der Waals surface area (Å²) in [5.74, 6) is 1.76. The van der Waals surface area contributed by atoms with Crippen LogP contribution in [0.4, 0.5) is 0 Å². The third-order valence-corrected chi connectivity index (χ3v) is 5.04. The number of benzene rings is 1. The van der Waals surface area contributed by atoms with Gasteiger partial charge in [-0.25, -0.2) is 0 Å². The van der Waals surface area contributed by atoms with Crippen LogP contribution >= 0.6 is 0 Å². The third kappa shape index (κ3) is 4.47. The van der Waals surface area contributed by atoms with E-state index in [0.717, 1.165) is 31.0 Å². The van der Waals surface area contributed by atoms with Crippen LogP contribution in [0, 0.1) is 12.8 Å². The van der Waals surface area contributed by atoms with Crippen LogP contribution in [0.1, 0.15) is 30.4 Å². The Labute approximate surface area is 140 Å². The number of nitrogens with one attached hydrogen (secondary N) is 1. The summed E-state index contributed by atoms with van der Waals surface area (Å²) in [6.45, 7) is 6.60. The van der Waals surface area contributed by atoms with Gasteiger partial charge in [-0.15, -0.1) is 0 Å². The SMILES string of the molecule is CN=C(NCC1CCN(C2CC2)C1)N(C)Cc1ccc(C)cc1. The Morgan fingerprint density at radius 3 is 2.65 bits per heavy atom. The van der Waals surface area contributed by atoms with Crippen molar-refractivity contribution in [1.82, 2.24) is 15.1 Å². The van der Waals surface area contributed by atoms with E-state index in [-0.39, 0.29) is 0 Å². The van der Waals surface area contributed by atoms with Gasteiger partial charge in [0.25, 0.3) is 0 Å². The minimum atomic E-state index is 0.764. The largest absolute Gasteiger partial charge is 0.356 e. The van der Waals surface area contributed by atoms with E-state index in [4.69, 9.17) is 0 Å². The van der Waals surface area contributed by atoms with Crippen molar-refractivity contribution in [2.24, 2.45) is 10.9 Å². The molecule has 0 amide bonds. The molecule has 126 valence electrons. The Balaban J connectivity index is 1.46. The first-order valence-corrected chi connectivity index (χ1v) is 8.87. The molecule has 1 saturated carbocycles. The maximum absolute atomic E-state index is 4.45. The smallest absolute Gasteiger partial charge is 0.193 e. The van der Waals surface area contributed by atoms with Gasteiger partial charge in [-0.1, -0.05) is 29.8 Å². The van der Waals surface area contributed by atoms with Crippen molar-refractivity contribution < 1.29 is 0 Å². The fourth-order valence-electron chi connectivity index (χ4n) is 3.46. The van der Waals surface area contributed by atoms with Gasteiger partial charge >= 0.3 is 0 Å². The number of rotatable bonds is 5. The van der Waals surface area contributed by atoms with Gasteiger partial charge < -0.3 is 15.1 Å². The van der Waals surface area contributed by atoms with E-state index in [2.05, 4.69) is 58.3 Å². The van der Waals surface area contributed by atoms with Crippen LogP contribution in [0.25, 0.3) is 0 Å². The van der Waals surface area contributed by atoms with Crippen molar-refractivity contribution in [3.8, 4) is 0 Å². The van der Waals surface area contributed by atoms with Crippen molar-refractivity contribution in [3.63, 3.8) is 0 Å². The Hall–Kier alpha value is -1.55. The Morgan fingerprint density at radius 2 is 2.00 bits per heavy atom. The molecule has 1 saturated heterocycles. The number of aliphatic imine (C=N–C) groups is 1. The van der Waals surface area contributed by atoms with Crippen molar-refractivity contribution in [2.45, 2.75) is 38.8 Å². The average Bonchev–Trinajstić information content (AvgIpc) is 3.29. The zero-order valence-corrected chi connectivity index (χ0v) is 14.8. The number of hydrogen-bond acceptors (Lipinski definition) is 2. The summed E-state index contributed by atoms with van der Waals surface area (Å²) < 4.78 is 0. The monoisotopic (exact) mass is 314 g/mol. The van der Waals surface area contributed by atoms with E-state index in [1.807, 2.05) is 7.05 Å². The topological polar surface area (TPSA) is 30.9 Å². The summed E-state index contributed by atoms with van der Waals surface area (Å²) in [5.41, 5.74) is 2.63. The molecule has 1 unspecified atom stereocenters. The molecule has 2 aliphatic rings. The van der Waals surface area contributed by atoms with Gasteiger partial charge in [-0.3, -0.25) is 4.99 Å². The lowest BCUT2D eigenvalue weighted by molar-refractivity contribution is 0.313. The third-order valence-electron chi connectivity index (χ3n) is 5.04. The molecule has 1 aromatic carbocycles. The lowest BCUT2D eigenvalue weighted by Crippen LogP contribution is -2.41. The van der Waals surface area contributed by atoms with E-state index in [1.165, 1.54) is 43.5 Å². The zero-order valence-electron chi connectivity index (χ0n) is 14.8. The summed E-state index contributed by atoms with van der Waals surface area (Å²) >= 11 is 0. The molecular formula is C19H30N4. The number of hydrogen-bond donors (Lipinski definition) is 1. The molecule has 2 fully saturated rings. The second-order valence-corrected chi connectivity index (χ2v) is 7.15. The molecule has 4 heteroatoms. The normalized spacial score (nSPS) is 22.4. The molecule has 1 aromatic rings. The van der Waals surface area contributed by atoms with Crippen molar-refractivity contribution >= 4 is 5.96 Å². The van der Waals surface area contributed by atoms with Crippen LogP contribution in [0.2, 0.25) is 0 Å². The molecule has 3 rings (SSSR count). The van der Waals surface area contributed by atoms with Gasteiger partial charge in [0.1, 0.15) is 0 Å². The van der Waals surface area contributed by atoms with E-state index in [9.17, 15) is 0 Å². The Morgan fingerprint density at radius 1 is 1.26 bits per heavy atom. The highest BCUT2D eigenvalue weighted by molar-refractivity contribution is 5.79. The summed E-state index contributed by atoms with van der Waals surface area (Å²) in [6, 6.07) is 9.64. The second kappa shape index (κ2) is 7.35. The van der Waals surface area contributed by atoms with Crippen LogP contribution in [0.15, 0.2) is 29.3 Å². The van der Waals surface area contributed by atoms with Crippen molar-refractivity contribution in [2.75, 3.05) is 33.7 Å². The maximum Gasteiger partial charge on any atom is 0.193 e. The number of likely N-dealkylation sites (tertiary alicyclic amines) is 1. The summed E-state index contributed by atoms with van der Waals surface area (Å²) in [5, 5.41) is 3.57. The molecule has 4 nitrogen and oxygen atoms in total. The van der Waals surface area contributed by atoms with Gasteiger partial charge in [-0.05, 0) is 44.2 Å². The molecule has 1 heterocycles. The lowest BCUT2D eigenvalue weighted by Gasteiger charge is -2.24. The van der Waals surface area contributed by atoms with Crippen LogP contribution in [0.3, 0.4) is 0 Å². The predicted molar refractivity (Wildman–Crippen MR) is 96.7 cm³/mol. The molecular weight excluding hydrogens is 284 g/mol. The molecule has 0 radical (unpaired) electrons. The molecule has 23 heavy (non-hydrogen) atoms. The standard InChI is InChI=1S/C19H30N4/c1-15-4-6-16(7-5-15)13-22(3)19(20-2)21-12-17-10-11-23(14-17)18-8-9-18/h4-7,17-18H,8-14H2,1-3H3,(H,20,21). The second-order valence-electron chi connectivity index (χ2n) is 7.15. The first-order chi connectivity index (χ1) is 11.2. The van der Waals surface area contributed by atoms with Gasteiger partial charge in [0, 0.05) is 39.8 Å². The van der Waals surface area contributed by atoms with E-state index < -0.39 is 0 Å². The van der Waals surface area contributed by atoms with Crippen LogP contribution in [-0.4, -0.2) is 55.5 Å². The quantitative estimate of drug-likeness (QED) is 0.669. The average molecular weight is 314 g/mol. The number of aryl methyl sites for hydroxylation is 1. The fraction of sp³-hybridized carbons (Fsp3) is 0.632. The minimum Gasteiger partial charge on any atom is -0.356 e. The zero-order chi connectivity index (χ0) is 16.2. The Bertz CT molecular complexity index is 533. The summed E-state index contributed by atoms with van der Waals surface area (Å²) in [6.07, 6.45) is 4.16. The molecule has 1 aliphatic heterocycles. The molecule has 1 atom stereocenters. The van der Waals surface area contributed by atoms with Crippen molar-refractivity contribution in [1.29, 1.82) is 0 Å². The predicted octanol–water partition coefficient (Wildman–Crippen LogP) is 2.49. The molecule has 0 bridgehead atoms. The van der Waals surface area contributed by atoms with Gasteiger partial charge in [0.05, 0.1) is 0 Å². The fourth-order valence-corrected chi connectivity index (χ4v) is 3.46. The summed E-state index contributed by atoms with van der Waals surface area (Å²) in [7, 11) is 3.99.